The molecule has 2 heterocycles. The molecule has 3 aromatic rings. The van der Waals surface area contributed by atoms with Gasteiger partial charge >= 0.3 is 0 Å². The number of nitrogens with zero attached hydrogens (tertiary/aromatic N) is 1. The summed E-state index contributed by atoms with van der Waals surface area (Å²) in [5.41, 5.74) is 0.598. The highest BCUT2D eigenvalue weighted by Gasteiger charge is 2.48. The molecule has 0 bridgehead atoms. The van der Waals surface area contributed by atoms with Crippen LogP contribution in [0, 0.1) is 0 Å². The van der Waals surface area contributed by atoms with Crippen molar-refractivity contribution in [3.8, 4) is 11.5 Å². The number of benzene rings is 2. The molecule has 0 saturated carbocycles. The van der Waals surface area contributed by atoms with Crippen LogP contribution in [-0.4, -0.2) is 31.0 Å². The van der Waals surface area contributed by atoms with Gasteiger partial charge in [0.25, 0.3) is 11.7 Å². The van der Waals surface area contributed by atoms with Gasteiger partial charge < -0.3 is 19.0 Å². The van der Waals surface area contributed by atoms with E-state index in [0.29, 0.717) is 28.5 Å². The van der Waals surface area contributed by atoms with Gasteiger partial charge in [-0.2, -0.15) is 0 Å². The number of aliphatic hydroxyl groups is 1. The van der Waals surface area contributed by atoms with Crippen LogP contribution in [0.4, 0.5) is 5.69 Å². The van der Waals surface area contributed by atoms with Crippen LogP contribution in [0.15, 0.2) is 70.9 Å². The van der Waals surface area contributed by atoms with Crippen LogP contribution in [-0.2, 0) is 9.59 Å². The third-order valence-corrected chi connectivity index (χ3v) is 5.31. The Morgan fingerprint density at radius 3 is 2.52 bits per heavy atom. The van der Waals surface area contributed by atoms with Gasteiger partial charge in [-0.05, 0) is 42.5 Å². The van der Waals surface area contributed by atoms with Gasteiger partial charge in [0.2, 0.25) is 0 Å². The predicted molar refractivity (Wildman–Crippen MR) is 114 cm³/mol. The lowest BCUT2D eigenvalue weighted by atomic mass is 9.99. The number of aliphatic hydroxyl groups excluding tert-OH is 1. The molecule has 0 radical (unpaired) electrons. The van der Waals surface area contributed by atoms with E-state index in [1.807, 2.05) is 0 Å². The van der Waals surface area contributed by atoms with Crippen LogP contribution in [0.2, 0.25) is 5.02 Å². The number of hydrogen-bond donors (Lipinski definition) is 1. The lowest BCUT2D eigenvalue weighted by Crippen LogP contribution is -2.29. The van der Waals surface area contributed by atoms with E-state index in [1.54, 1.807) is 48.5 Å². The van der Waals surface area contributed by atoms with Gasteiger partial charge in [0, 0.05) is 11.3 Å². The number of ketones is 1. The Hall–Kier alpha value is -3.71. The summed E-state index contributed by atoms with van der Waals surface area (Å²) in [5.74, 6) is -0.750. The molecule has 0 aliphatic carbocycles. The van der Waals surface area contributed by atoms with Gasteiger partial charge in [0.15, 0.2) is 0 Å². The Kier molecular flexibility index (Phi) is 5.44. The van der Waals surface area contributed by atoms with Crippen molar-refractivity contribution < 1.29 is 28.6 Å². The molecule has 7 nitrogen and oxygen atoms in total. The average Bonchev–Trinajstić information content (AvgIpc) is 3.40. The minimum Gasteiger partial charge on any atom is -0.507 e. The Morgan fingerprint density at radius 1 is 1.06 bits per heavy atom. The monoisotopic (exact) mass is 439 g/mol. The van der Waals surface area contributed by atoms with E-state index in [-0.39, 0.29) is 16.4 Å². The van der Waals surface area contributed by atoms with E-state index < -0.39 is 17.7 Å². The van der Waals surface area contributed by atoms with Gasteiger partial charge in [-0.25, -0.2) is 0 Å². The number of rotatable bonds is 5. The summed E-state index contributed by atoms with van der Waals surface area (Å²) < 4.78 is 15.9. The first-order valence-corrected chi connectivity index (χ1v) is 9.66. The van der Waals surface area contributed by atoms with Gasteiger partial charge in [-0.1, -0.05) is 23.7 Å². The van der Waals surface area contributed by atoms with Crippen molar-refractivity contribution in [1.29, 1.82) is 0 Å². The van der Waals surface area contributed by atoms with Crippen molar-refractivity contribution in [1.82, 2.24) is 0 Å². The number of furan rings is 1. The van der Waals surface area contributed by atoms with E-state index in [9.17, 15) is 14.7 Å². The topological polar surface area (TPSA) is 89.2 Å². The molecular formula is C23H18ClNO6. The first-order valence-electron chi connectivity index (χ1n) is 9.28. The number of Topliss-reactive ketones (excluding diaryl/α,β-unsaturated/α-hetero) is 1. The maximum Gasteiger partial charge on any atom is 0.300 e. The zero-order valence-electron chi connectivity index (χ0n) is 16.7. The van der Waals surface area contributed by atoms with Crippen molar-refractivity contribution in [3.63, 3.8) is 0 Å². The number of carbonyl (C=O) groups is 2. The van der Waals surface area contributed by atoms with Crippen molar-refractivity contribution in [2.75, 3.05) is 19.1 Å². The maximum atomic E-state index is 13.0. The van der Waals surface area contributed by atoms with Crippen LogP contribution < -0.4 is 14.4 Å². The van der Waals surface area contributed by atoms with Crippen molar-refractivity contribution in [2.24, 2.45) is 0 Å². The molecule has 1 aliphatic rings. The highest BCUT2D eigenvalue weighted by molar-refractivity contribution is 6.51. The molecule has 0 spiro atoms. The number of carbonyl (C=O) groups excluding carboxylic acids is 2. The summed E-state index contributed by atoms with van der Waals surface area (Å²) in [4.78, 5) is 27.3. The molecule has 31 heavy (non-hydrogen) atoms. The lowest BCUT2D eigenvalue weighted by Gasteiger charge is -2.24. The van der Waals surface area contributed by atoms with E-state index in [1.165, 1.54) is 31.4 Å². The number of ether oxygens (including phenoxy) is 2. The largest absolute Gasteiger partial charge is 0.507 e. The first kappa shape index (κ1) is 20.6. The van der Waals surface area contributed by atoms with E-state index in [2.05, 4.69) is 0 Å². The van der Waals surface area contributed by atoms with E-state index >= 15 is 0 Å². The fraction of sp³-hybridized carbons (Fsp3) is 0.130. The predicted octanol–water partition coefficient (Wildman–Crippen LogP) is 4.58. The second-order valence-electron chi connectivity index (χ2n) is 6.74. The fourth-order valence-electron chi connectivity index (χ4n) is 3.55. The molecule has 1 unspecified atom stereocenters. The lowest BCUT2D eigenvalue weighted by molar-refractivity contribution is -0.132. The smallest absolute Gasteiger partial charge is 0.300 e. The van der Waals surface area contributed by atoms with Crippen LogP contribution in [0.1, 0.15) is 17.4 Å². The number of methoxy groups -OCH3 is 2. The quantitative estimate of drug-likeness (QED) is 0.355. The normalized spacial score (nSPS) is 17.8. The molecule has 1 aromatic heterocycles. The van der Waals surface area contributed by atoms with Gasteiger partial charge in [-0.3, -0.25) is 14.5 Å². The highest BCUT2D eigenvalue weighted by atomic mass is 35.5. The van der Waals surface area contributed by atoms with Gasteiger partial charge in [0.05, 0.1) is 31.1 Å². The van der Waals surface area contributed by atoms with Crippen LogP contribution in [0.5, 0.6) is 11.5 Å². The van der Waals surface area contributed by atoms with Gasteiger partial charge in [-0.15, -0.1) is 0 Å². The number of amides is 1. The van der Waals surface area contributed by atoms with Crippen LogP contribution in [0.3, 0.4) is 0 Å². The average molecular weight is 440 g/mol. The van der Waals surface area contributed by atoms with Gasteiger partial charge in [0.1, 0.15) is 29.1 Å². The van der Waals surface area contributed by atoms with Crippen molar-refractivity contribution in [3.05, 3.63) is 82.8 Å². The van der Waals surface area contributed by atoms with Crippen LogP contribution in [0.25, 0.3) is 5.76 Å². The van der Waals surface area contributed by atoms with Crippen LogP contribution >= 0.6 is 11.6 Å². The third-order valence-electron chi connectivity index (χ3n) is 5.01. The Bertz CT molecular complexity index is 1180. The van der Waals surface area contributed by atoms with Crippen molar-refractivity contribution >= 4 is 34.7 Å². The maximum absolute atomic E-state index is 13.0. The molecular weight excluding hydrogens is 422 g/mol. The zero-order chi connectivity index (χ0) is 22.1. The molecule has 2 aromatic carbocycles. The molecule has 1 atom stereocenters. The second-order valence-corrected chi connectivity index (χ2v) is 7.14. The summed E-state index contributed by atoms with van der Waals surface area (Å²) in [6.07, 6.45) is 1.43. The summed E-state index contributed by atoms with van der Waals surface area (Å²) in [5, 5.41) is 11.3. The Balaban J connectivity index is 1.91. The summed E-state index contributed by atoms with van der Waals surface area (Å²) in [6.45, 7) is 0. The minimum absolute atomic E-state index is 0.0971. The second kappa shape index (κ2) is 8.20. The Morgan fingerprint density at radius 2 is 1.87 bits per heavy atom. The van der Waals surface area contributed by atoms with E-state index in [0.717, 1.165) is 0 Å². The molecule has 4 rings (SSSR count). The first-order chi connectivity index (χ1) is 15.0. The summed E-state index contributed by atoms with van der Waals surface area (Å²) in [7, 11) is 2.97. The molecule has 1 aliphatic heterocycles. The minimum atomic E-state index is -0.981. The molecule has 8 heteroatoms. The fourth-order valence-corrected chi connectivity index (χ4v) is 3.80. The molecule has 1 fully saturated rings. The molecule has 1 amide bonds. The summed E-state index contributed by atoms with van der Waals surface area (Å²) >= 11 is 6.25. The number of anilines is 1. The highest BCUT2D eigenvalue weighted by Crippen LogP contribution is 2.43. The van der Waals surface area contributed by atoms with Crippen molar-refractivity contribution in [2.45, 2.75) is 6.04 Å². The molecule has 158 valence electrons. The SMILES string of the molecule is COc1cccc(/C(O)=C2/C(=O)C(=O)N(c3ccc(OC)c(Cl)c3)C2c2ccco2)c1. The molecule has 1 saturated heterocycles. The summed E-state index contributed by atoms with van der Waals surface area (Å²) in [6, 6.07) is 13.6. The number of hydrogen-bond acceptors (Lipinski definition) is 6. The third kappa shape index (κ3) is 3.53. The zero-order valence-corrected chi connectivity index (χ0v) is 17.4. The molecule has 1 N–H and O–H groups in total. The standard InChI is InChI=1S/C23H18ClNO6/c1-29-15-6-3-5-13(11-15)21(26)19-20(18-7-4-10-31-18)25(23(28)22(19)27)14-8-9-17(30-2)16(24)12-14/h3-12,20,26H,1-2H3/b21-19-. The van der Waals surface area contributed by atoms with E-state index in [4.69, 9.17) is 25.5 Å². The Labute approximate surface area is 183 Å². The number of halogens is 1.